The Bertz CT molecular complexity index is 529. The van der Waals surface area contributed by atoms with Crippen molar-refractivity contribution in [3.8, 4) is 0 Å². The molecule has 1 aliphatic rings. The van der Waals surface area contributed by atoms with Crippen molar-refractivity contribution in [2.45, 2.75) is 26.2 Å². The molecule has 1 fully saturated rings. The van der Waals surface area contributed by atoms with Gasteiger partial charge >= 0.3 is 0 Å². The fourth-order valence-corrected chi connectivity index (χ4v) is 3.42. The van der Waals surface area contributed by atoms with Crippen LogP contribution < -0.4 is 0 Å². The largest absolute Gasteiger partial charge is 0.376 e. The molecule has 0 N–H and O–H groups in total. The molecule has 0 atom stereocenters. The molecule has 0 spiro atoms. The van der Waals surface area contributed by atoms with Crippen LogP contribution in [0.2, 0.25) is 0 Å². The highest BCUT2D eigenvalue weighted by Gasteiger charge is 2.19. The Morgan fingerprint density at radius 2 is 1.79 bits per heavy atom. The highest BCUT2D eigenvalue weighted by atomic mass is 32.2. The maximum absolute atomic E-state index is 12.3. The van der Waals surface area contributed by atoms with Crippen LogP contribution in [0.3, 0.4) is 0 Å². The molecule has 19 heavy (non-hydrogen) atoms. The molecule has 4 heteroatoms. The van der Waals surface area contributed by atoms with Gasteiger partial charge in [0.05, 0.1) is 10.7 Å². The summed E-state index contributed by atoms with van der Waals surface area (Å²) in [5.41, 5.74) is 0.787. The summed E-state index contributed by atoms with van der Waals surface area (Å²) in [6, 6.07) is 9.39. The number of piperidine rings is 1. The lowest BCUT2D eigenvalue weighted by Crippen LogP contribution is -2.25. The lowest BCUT2D eigenvalue weighted by Gasteiger charge is -2.26. The molecular formula is C15H21NO2S. The first-order chi connectivity index (χ1) is 9.13. The predicted octanol–water partition coefficient (Wildman–Crippen LogP) is 2.91. The van der Waals surface area contributed by atoms with E-state index in [1.165, 1.54) is 6.42 Å². The van der Waals surface area contributed by atoms with Gasteiger partial charge in [-0.2, -0.15) is 0 Å². The Morgan fingerprint density at radius 1 is 1.16 bits per heavy atom. The molecule has 0 aromatic heterocycles. The summed E-state index contributed by atoms with van der Waals surface area (Å²) in [5.74, 6) is 0.140. The molecule has 0 unspecified atom stereocenters. The lowest BCUT2D eigenvalue weighted by atomic mass is 10.1. The van der Waals surface area contributed by atoms with Crippen LogP contribution in [0.5, 0.6) is 0 Å². The molecule has 1 aromatic carbocycles. The van der Waals surface area contributed by atoms with Gasteiger partial charge in [0.15, 0.2) is 9.84 Å². The summed E-state index contributed by atoms with van der Waals surface area (Å²) in [6.07, 6.45) is 5.37. The smallest absolute Gasteiger partial charge is 0.180 e. The van der Waals surface area contributed by atoms with Crippen molar-refractivity contribution in [1.82, 2.24) is 4.90 Å². The fourth-order valence-electron chi connectivity index (χ4n) is 2.31. The summed E-state index contributed by atoms with van der Waals surface area (Å²) in [6.45, 7) is 3.60. The zero-order valence-corrected chi connectivity index (χ0v) is 12.2. The first-order valence-corrected chi connectivity index (χ1v) is 8.53. The maximum Gasteiger partial charge on any atom is 0.180 e. The number of rotatable bonds is 4. The van der Waals surface area contributed by atoms with Gasteiger partial charge in [-0.25, -0.2) is 8.42 Å². The van der Waals surface area contributed by atoms with E-state index in [0.29, 0.717) is 4.91 Å². The van der Waals surface area contributed by atoms with Crippen molar-refractivity contribution >= 4 is 14.7 Å². The van der Waals surface area contributed by atoms with E-state index < -0.39 is 9.84 Å². The molecule has 1 heterocycles. The minimum atomic E-state index is -3.19. The number of nitrogens with zero attached hydrogens (tertiary/aromatic N) is 1. The molecule has 1 saturated heterocycles. The normalized spacial score (nSPS) is 17.5. The molecule has 104 valence electrons. The second kappa shape index (κ2) is 6.24. The number of benzene rings is 1. The van der Waals surface area contributed by atoms with Crippen LogP contribution in [0.1, 0.15) is 31.7 Å². The van der Waals surface area contributed by atoms with E-state index in [4.69, 9.17) is 0 Å². The Balaban J connectivity index is 2.37. The minimum absolute atomic E-state index is 0.140. The topological polar surface area (TPSA) is 37.4 Å². The van der Waals surface area contributed by atoms with Gasteiger partial charge in [-0.05, 0) is 24.8 Å². The first kappa shape index (κ1) is 14.1. The minimum Gasteiger partial charge on any atom is -0.376 e. The Hall–Kier alpha value is -1.29. The maximum atomic E-state index is 12.3. The third-order valence-corrected chi connectivity index (χ3v) is 5.24. The monoisotopic (exact) mass is 279 g/mol. The van der Waals surface area contributed by atoms with E-state index >= 15 is 0 Å². The summed E-state index contributed by atoms with van der Waals surface area (Å²) in [7, 11) is -3.19. The summed E-state index contributed by atoms with van der Waals surface area (Å²) in [4.78, 5) is 2.59. The molecule has 1 aliphatic heterocycles. The molecule has 2 rings (SSSR count). The van der Waals surface area contributed by atoms with Crippen molar-refractivity contribution in [1.29, 1.82) is 0 Å². The Labute approximate surface area is 115 Å². The van der Waals surface area contributed by atoms with Crippen LogP contribution in [0.4, 0.5) is 0 Å². The summed E-state index contributed by atoms with van der Waals surface area (Å²) in [5, 5.41) is 0. The Kier molecular flexibility index (Phi) is 4.64. The van der Waals surface area contributed by atoms with Gasteiger partial charge in [-0.15, -0.1) is 0 Å². The van der Waals surface area contributed by atoms with Gasteiger partial charge in [0.1, 0.15) is 0 Å². The van der Waals surface area contributed by atoms with E-state index in [0.717, 1.165) is 31.5 Å². The quantitative estimate of drug-likeness (QED) is 0.850. The van der Waals surface area contributed by atoms with Crippen molar-refractivity contribution in [3.05, 3.63) is 42.1 Å². The standard InChI is InChI=1S/C15H21NO2S/c1-2-19(17,18)15(14-9-5-3-6-10-14)13-16-11-7-4-8-12-16/h3,5-6,9-10,13H,2,4,7-8,11-12H2,1H3/b15-13-. The van der Waals surface area contributed by atoms with Crippen LogP contribution in [0, 0.1) is 0 Å². The lowest BCUT2D eigenvalue weighted by molar-refractivity contribution is 0.311. The van der Waals surface area contributed by atoms with E-state index in [9.17, 15) is 8.42 Å². The second-order valence-corrected chi connectivity index (χ2v) is 7.11. The van der Waals surface area contributed by atoms with E-state index in [2.05, 4.69) is 4.90 Å². The van der Waals surface area contributed by atoms with Crippen LogP contribution >= 0.6 is 0 Å². The molecule has 0 bridgehead atoms. The van der Waals surface area contributed by atoms with Crippen LogP contribution in [0.25, 0.3) is 4.91 Å². The number of hydrogen-bond acceptors (Lipinski definition) is 3. The van der Waals surface area contributed by atoms with Gasteiger partial charge in [0.25, 0.3) is 0 Å². The average molecular weight is 279 g/mol. The zero-order valence-electron chi connectivity index (χ0n) is 11.4. The van der Waals surface area contributed by atoms with Crippen molar-refractivity contribution < 1.29 is 8.42 Å². The van der Waals surface area contributed by atoms with Gasteiger partial charge in [0.2, 0.25) is 0 Å². The zero-order chi connectivity index (χ0) is 13.7. The summed E-state index contributed by atoms with van der Waals surface area (Å²) < 4.78 is 24.6. The molecule has 1 aromatic rings. The van der Waals surface area contributed by atoms with Crippen molar-refractivity contribution in [2.75, 3.05) is 18.8 Å². The van der Waals surface area contributed by atoms with Crippen molar-refractivity contribution in [3.63, 3.8) is 0 Å². The SMILES string of the molecule is CCS(=O)(=O)/C(=C\N1CCCCC1)c1ccccc1. The van der Waals surface area contributed by atoms with Gasteiger partial charge in [-0.3, -0.25) is 0 Å². The number of hydrogen-bond donors (Lipinski definition) is 0. The molecule has 3 nitrogen and oxygen atoms in total. The van der Waals surface area contributed by atoms with Crippen LogP contribution in [-0.2, 0) is 9.84 Å². The van der Waals surface area contributed by atoms with Crippen LogP contribution in [-0.4, -0.2) is 32.2 Å². The van der Waals surface area contributed by atoms with Gasteiger partial charge < -0.3 is 4.90 Å². The third-order valence-electron chi connectivity index (χ3n) is 3.46. The van der Waals surface area contributed by atoms with Crippen LogP contribution in [0.15, 0.2) is 36.5 Å². The van der Waals surface area contributed by atoms with Crippen molar-refractivity contribution in [2.24, 2.45) is 0 Å². The number of sulfone groups is 1. The first-order valence-electron chi connectivity index (χ1n) is 6.87. The van der Waals surface area contributed by atoms with E-state index in [1.54, 1.807) is 6.92 Å². The van der Waals surface area contributed by atoms with Gasteiger partial charge in [-0.1, -0.05) is 37.3 Å². The van der Waals surface area contributed by atoms with Gasteiger partial charge in [0, 0.05) is 19.3 Å². The number of likely N-dealkylation sites (tertiary alicyclic amines) is 1. The highest BCUT2D eigenvalue weighted by Crippen LogP contribution is 2.23. The molecule has 0 aliphatic carbocycles. The van der Waals surface area contributed by atoms with E-state index in [1.807, 2.05) is 36.5 Å². The predicted molar refractivity (Wildman–Crippen MR) is 79.3 cm³/mol. The molecular weight excluding hydrogens is 258 g/mol. The second-order valence-electron chi connectivity index (χ2n) is 4.86. The highest BCUT2D eigenvalue weighted by molar-refractivity contribution is 8.00. The average Bonchev–Trinajstić information content (AvgIpc) is 2.46. The molecule has 0 radical (unpaired) electrons. The Morgan fingerprint density at radius 3 is 2.37 bits per heavy atom. The molecule has 0 amide bonds. The fraction of sp³-hybridized carbons (Fsp3) is 0.467. The third kappa shape index (κ3) is 3.60. The van der Waals surface area contributed by atoms with E-state index in [-0.39, 0.29) is 5.75 Å². The summed E-state index contributed by atoms with van der Waals surface area (Å²) >= 11 is 0. The molecule has 0 saturated carbocycles.